The summed E-state index contributed by atoms with van der Waals surface area (Å²) in [4.78, 5) is 16.3. The van der Waals surface area contributed by atoms with Crippen molar-refractivity contribution in [1.82, 2.24) is 4.98 Å². The number of carbonyl (C=O) groups excluding carboxylic acids is 1. The first-order valence-corrected chi connectivity index (χ1v) is 3.60. The van der Waals surface area contributed by atoms with Gasteiger partial charge in [0.2, 0.25) is 5.91 Å². The van der Waals surface area contributed by atoms with Crippen LogP contribution in [0.1, 0.15) is 0 Å². The standard InChI is InChI=1S/C8H11N3O/c1-11(6-7(9)12)8-4-2-3-5-10-8/h2-5H,6H2,1H3,(H2,9,12). The van der Waals surface area contributed by atoms with Crippen LogP contribution in [0.25, 0.3) is 0 Å². The Morgan fingerprint density at radius 2 is 2.42 bits per heavy atom. The number of primary amides is 1. The van der Waals surface area contributed by atoms with Crippen molar-refractivity contribution >= 4 is 11.7 Å². The first kappa shape index (κ1) is 8.52. The van der Waals surface area contributed by atoms with Gasteiger partial charge < -0.3 is 10.6 Å². The van der Waals surface area contributed by atoms with Crippen molar-refractivity contribution < 1.29 is 4.79 Å². The number of hydrogen-bond donors (Lipinski definition) is 1. The molecule has 0 bridgehead atoms. The molecular formula is C8H11N3O. The number of rotatable bonds is 3. The molecule has 4 nitrogen and oxygen atoms in total. The van der Waals surface area contributed by atoms with E-state index in [4.69, 9.17) is 5.73 Å². The van der Waals surface area contributed by atoms with Crippen LogP contribution >= 0.6 is 0 Å². The number of pyridine rings is 1. The Hall–Kier alpha value is -1.58. The topological polar surface area (TPSA) is 59.2 Å². The molecule has 0 aromatic carbocycles. The third-order valence-corrected chi connectivity index (χ3v) is 1.43. The van der Waals surface area contributed by atoms with E-state index >= 15 is 0 Å². The van der Waals surface area contributed by atoms with E-state index in [9.17, 15) is 4.79 Å². The molecule has 0 saturated heterocycles. The number of likely N-dealkylation sites (N-methyl/N-ethyl adjacent to an activating group) is 1. The van der Waals surface area contributed by atoms with E-state index in [2.05, 4.69) is 4.98 Å². The van der Waals surface area contributed by atoms with Gasteiger partial charge in [-0.1, -0.05) is 6.07 Å². The fourth-order valence-electron chi connectivity index (χ4n) is 0.894. The smallest absolute Gasteiger partial charge is 0.236 e. The summed E-state index contributed by atoms with van der Waals surface area (Å²) in [7, 11) is 1.77. The van der Waals surface area contributed by atoms with E-state index in [0.717, 1.165) is 5.82 Å². The van der Waals surface area contributed by atoms with Crippen LogP contribution in [-0.2, 0) is 4.79 Å². The quantitative estimate of drug-likeness (QED) is 0.686. The molecule has 1 aromatic rings. The molecule has 1 heterocycles. The number of nitrogens with two attached hydrogens (primary N) is 1. The van der Waals surface area contributed by atoms with Crippen molar-refractivity contribution in [2.75, 3.05) is 18.5 Å². The van der Waals surface area contributed by atoms with E-state index in [1.807, 2.05) is 18.2 Å². The van der Waals surface area contributed by atoms with Gasteiger partial charge in [-0.2, -0.15) is 0 Å². The largest absolute Gasteiger partial charge is 0.368 e. The van der Waals surface area contributed by atoms with Crippen molar-refractivity contribution in [3.05, 3.63) is 24.4 Å². The third kappa shape index (κ3) is 2.23. The maximum atomic E-state index is 10.5. The van der Waals surface area contributed by atoms with Gasteiger partial charge >= 0.3 is 0 Å². The van der Waals surface area contributed by atoms with Crippen molar-refractivity contribution in [2.45, 2.75) is 0 Å². The first-order chi connectivity index (χ1) is 5.70. The van der Waals surface area contributed by atoms with Gasteiger partial charge in [0.25, 0.3) is 0 Å². The van der Waals surface area contributed by atoms with E-state index in [0.29, 0.717) is 0 Å². The third-order valence-electron chi connectivity index (χ3n) is 1.43. The second-order valence-corrected chi connectivity index (χ2v) is 2.51. The molecule has 0 radical (unpaired) electrons. The minimum Gasteiger partial charge on any atom is -0.368 e. The van der Waals surface area contributed by atoms with Crippen LogP contribution < -0.4 is 10.6 Å². The number of carbonyl (C=O) groups is 1. The summed E-state index contributed by atoms with van der Waals surface area (Å²) in [6.45, 7) is 0.191. The normalized spacial score (nSPS) is 9.42. The molecular weight excluding hydrogens is 154 g/mol. The Morgan fingerprint density at radius 3 is 2.92 bits per heavy atom. The summed E-state index contributed by atoms with van der Waals surface area (Å²) in [6, 6.07) is 5.50. The predicted molar refractivity (Wildman–Crippen MR) is 46.7 cm³/mol. The highest BCUT2D eigenvalue weighted by Gasteiger charge is 2.03. The fourth-order valence-corrected chi connectivity index (χ4v) is 0.894. The van der Waals surface area contributed by atoms with Gasteiger partial charge in [-0.15, -0.1) is 0 Å². The lowest BCUT2D eigenvalue weighted by Crippen LogP contribution is -2.30. The number of anilines is 1. The molecule has 0 fully saturated rings. The molecule has 1 aromatic heterocycles. The molecule has 1 amide bonds. The summed E-state index contributed by atoms with van der Waals surface area (Å²) in [5.74, 6) is 0.388. The minimum atomic E-state index is -0.358. The van der Waals surface area contributed by atoms with Gasteiger partial charge in [-0.3, -0.25) is 4.79 Å². The number of aromatic nitrogens is 1. The summed E-state index contributed by atoms with van der Waals surface area (Å²) < 4.78 is 0. The summed E-state index contributed by atoms with van der Waals surface area (Å²) in [5.41, 5.74) is 5.02. The van der Waals surface area contributed by atoms with Gasteiger partial charge in [-0.25, -0.2) is 4.98 Å². The van der Waals surface area contributed by atoms with Crippen LogP contribution in [0.15, 0.2) is 24.4 Å². The Balaban J connectivity index is 2.65. The molecule has 0 spiro atoms. The summed E-state index contributed by atoms with van der Waals surface area (Å²) >= 11 is 0. The van der Waals surface area contributed by atoms with Gasteiger partial charge in [0.1, 0.15) is 5.82 Å². The Bertz CT molecular complexity index is 260. The zero-order valence-electron chi connectivity index (χ0n) is 6.90. The van der Waals surface area contributed by atoms with Crippen LogP contribution in [0, 0.1) is 0 Å². The molecule has 0 atom stereocenters. The molecule has 0 unspecified atom stereocenters. The van der Waals surface area contributed by atoms with Crippen molar-refractivity contribution in [3.8, 4) is 0 Å². The second kappa shape index (κ2) is 3.71. The van der Waals surface area contributed by atoms with Crippen molar-refractivity contribution in [2.24, 2.45) is 5.73 Å². The van der Waals surface area contributed by atoms with Gasteiger partial charge in [0.05, 0.1) is 6.54 Å². The van der Waals surface area contributed by atoms with E-state index < -0.39 is 0 Å². The first-order valence-electron chi connectivity index (χ1n) is 3.60. The van der Waals surface area contributed by atoms with Gasteiger partial charge in [0.15, 0.2) is 0 Å². The van der Waals surface area contributed by atoms with Crippen LogP contribution in [0.4, 0.5) is 5.82 Å². The Labute approximate surface area is 71.0 Å². The molecule has 0 aliphatic carbocycles. The van der Waals surface area contributed by atoms with Gasteiger partial charge in [0, 0.05) is 13.2 Å². The van der Waals surface area contributed by atoms with E-state index in [-0.39, 0.29) is 12.5 Å². The van der Waals surface area contributed by atoms with Crippen molar-refractivity contribution in [1.29, 1.82) is 0 Å². The van der Waals surface area contributed by atoms with Crippen LogP contribution in [-0.4, -0.2) is 24.5 Å². The highest BCUT2D eigenvalue weighted by atomic mass is 16.1. The molecule has 64 valence electrons. The lowest BCUT2D eigenvalue weighted by atomic mass is 10.4. The zero-order chi connectivity index (χ0) is 8.97. The summed E-state index contributed by atoms with van der Waals surface area (Å²) in [5, 5.41) is 0. The maximum Gasteiger partial charge on any atom is 0.236 e. The molecule has 12 heavy (non-hydrogen) atoms. The lowest BCUT2D eigenvalue weighted by molar-refractivity contribution is -0.116. The van der Waals surface area contributed by atoms with Gasteiger partial charge in [-0.05, 0) is 12.1 Å². The zero-order valence-corrected chi connectivity index (χ0v) is 6.90. The van der Waals surface area contributed by atoms with E-state index in [1.54, 1.807) is 18.1 Å². The molecule has 1 rings (SSSR count). The highest BCUT2D eigenvalue weighted by molar-refractivity contribution is 5.78. The number of hydrogen-bond acceptors (Lipinski definition) is 3. The average Bonchev–Trinajstić information content (AvgIpc) is 2.05. The fraction of sp³-hybridized carbons (Fsp3) is 0.250. The summed E-state index contributed by atoms with van der Waals surface area (Å²) in [6.07, 6.45) is 1.67. The molecule has 0 aliphatic rings. The predicted octanol–water partition coefficient (Wildman–Crippen LogP) is 0.00310. The number of amides is 1. The lowest BCUT2D eigenvalue weighted by Gasteiger charge is -2.14. The second-order valence-electron chi connectivity index (χ2n) is 2.51. The molecule has 2 N–H and O–H groups in total. The average molecular weight is 165 g/mol. The Kier molecular flexibility index (Phi) is 2.63. The SMILES string of the molecule is CN(CC(N)=O)c1ccccn1. The van der Waals surface area contributed by atoms with Crippen LogP contribution in [0.3, 0.4) is 0 Å². The van der Waals surface area contributed by atoms with E-state index in [1.165, 1.54) is 0 Å². The minimum absolute atomic E-state index is 0.191. The van der Waals surface area contributed by atoms with Crippen LogP contribution in [0.5, 0.6) is 0 Å². The highest BCUT2D eigenvalue weighted by Crippen LogP contribution is 2.04. The Morgan fingerprint density at radius 1 is 1.67 bits per heavy atom. The molecule has 0 aliphatic heterocycles. The van der Waals surface area contributed by atoms with Crippen molar-refractivity contribution in [3.63, 3.8) is 0 Å². The number of nitrogens with zero attached hydrogens (tertiary/aromatic N) is 2. The monoisotopic (exact) mass is 165 g/mol. The molecule has 0 saturated carbocycles. The van der Waals surface area contributed by atoms with Crippen LogP contribution in [0.2, 0.25) is 0 Å². The molecule has 4 heteroatoms. The maximum absolute atomic E-state index is 10.5.